The van der Waals surface area contributed by atoms with E-state index < -0.39 is 0 Å². The molecule has 1 fully saturated rings. The van der Waals surface area contributed by atoms with E-state index in [1.165, 1.54) is 18.4 Å². The Morgan fingerprint density at radius 1 is 1.50 bits per heavy atom. The number of rotatable bonds is 4. The van der Waals surface area contributed by atoms with E-state index in [-0.39, 0.29) is 0 Å². The lowest BCUT2D eigenvalue weighted by molar-refractivity contribution is 0.940. The highest BCUT2D eigenvalue weighted by Crippen LogP contribution is 2.46. The summed E-state index contributed by atoms with van der Waals surface area (Å²) in [6, 6.07) is 4.14. The van der Waals surface area contributed by atoms with Gasteiger partial charge in [0.15, 0.2) is 0 Å². The minimum Gasteiger partial charge on any atom is -0.369 e. The van der Waals surface area contributed by atoms with Gasteiger partial charge in [-0.15, -0.1) is 0 Å². The van der Waals surface area contributed by atoms with Crippen LogP contribution in [0.25, 0.3) is 0 Å². The van der Waals surface area contributed by atoms with E-state index in [4.69, 9.17) is 0 Å². The largest absolute Gasteiger partial charge is 0.369 e. The summed E-state index contributed by atoms with van der Waals surface area (Å²) in [6.07, 6.45) is 6.78. The Bertz CT molecular complexity index is 304. The molecule has 0 saturated heterocycles. The van der Waals surface area contributed by atoms with Gasteiger partial charge in [-0.25, -0.2) is 4.98 Å². The predicted molar refractivity (Wildman–Crippen MR) is 62.9 cm³/mol. The third-order valence-electron chi connectivity index (χ3n) is 2.74. The Morgan fingerprint density at radius 2 is 2.29 bits per heavy atom. The van der Waals surface area contributed by atoms with Crippen LogP contribution in [0.2, 0.25) is 0 Å². The molecule has 1 aromatic heterocycles. The number of pyridine rings is 1. The summed E-state index contributed by atoms with van der Waals surface area (Å²) in [6.45, 7) is 3.10. The van der Waals surface area contributed by atoms with Gasteiger partial charge in [-0.1, -0.05) is 6.07 Å². The second-order valence-electron chi connectivity index (χ2n) is 3.96. The van der Waals surface area contributed by atoms with Crippen molar-refractivity contribution in [2.75, 3.05) is 18.1 Å². The van der Waals surface area contributed by atoms with Crippen molar-refractivity contribution in [3.05, 3.63) is 23.9 Å². The zero-order valence-electron chi connectivity index (χ0n) is 8.71. The van der Waals surface area contributed by atoms with Crippen LogP contribution >= 0.6 is 11.8 Å². The van der Waals surface area contributed by atoms with Crippen LogP contribution in [0.4, 0.5) is 5.82 Å². The third kappa shape index (κ3) is 2.21. The standard InChI is InChI=1S/C11H16N2S/c1-9-3-4-10(12-7-9)13-8-11(14-2)5-6-11/h3-4,7H,5-6,8H2,1-2H3,(H,12,13). The highest BCUT2D eigenvalue weighted by Gasteiger charge is 2.41. The van der Waals surface area contributed by atoms with Crippen LogP contribution in [-0.4, -0.2) is 22.5 Å². The van der Waals surface area contributed by atoms with Gasteiger partial charge in [0.1, 0.15) is 5.82 Å². The third-order valence-corrected chi connectivity index (χ3v) is 4.16. The topological polar surface area (TPSA) is 24.9 Å². The molecule has 0 amide bonds. The van der Waals surface area contributed by atoms with Gasteiger partial charge in [0.2, 0.25) is 0 Å². The van der Waals surface area contributed by atoms with Crippen molar-refractivity contribution in [1.29, 1.82) is 0 Å². The monoisotopic (exact) mass is 208 g/mol. The van der Waals surface area contributed by atoms with E-state index >= 15 is 0 Å². The summed E-state index contributed by atoms with van der Waals surface area (Å²) in [5.41, 5.74) is 1.21. The zero-order valence-corrected chi connectivity index (χ0v) is 9.53. The molecule has 1 aromatic rings. The number of hydrogen-bond donors (Lipinski definition) is 1. The van der Waals surface area contributed by atoms with E-state index in [0.29, 0.717) is 4.75 Å². The molecule has 0 aromatic carbocycles. The van der Waals surface area contributed by atoms with Crippen LogP contribution in [-0.2, 0) is 0 Å². The van der Waals surface area contributed by atoms with Crippen LogP contribution in [0.3, 0.4) is 0 Å². The van der Waals surface area contributed by atoms with Gasteiger partial charge < -0.3 is 5.32 Å². The molecule has 14 heavy (non-hydrogen) atoms. The summed E-state index contributed by atoms with van der Waals surface area (Å²) in [5.74, 6) is 0.996. The lowest BCUT2D eigenvalue weighted by Gasteiger charge is -2.13. The highest BCUT2D eigenvalue weighted by atomic mass is 32.2. The molecule has 1 heterocycles. The van der Waals surface area contributed by atoms with Gasteiger partial charge in [-0.05, 0) is 37.7 Å². The maximum atomic E-state index is 4.32. The van der Waals surface area contributed by atoms with Gasteiger partial charge in [-0.3, -0.25) is 0 Å². The summed E-state index contributed by atoms with van der Waals surface area (Å²) in [5, 5.41) is 3.39. The molecule has 0 radical (unpaired) electrons. The lowest BCUT2D eigenvalue weighted by Crippen LogP contribution is -2.17. The summed E-state index contributed by atoms with van der Waals surface area (Å²) >= 11 is 1.97. The Labute approximate surface area is 89.5 Å². The van der Waals surface area contributed by atoms with E-state index in [9.17, 15) is 0 Å². The molecule has 0 unspecified atom stereocenters. The molecule has 2 nitrogen and oxygen atoms in total. The average molecular weight is 208 g/mol. The average Bonchev–Trinajstić information content (AvgIpc) is 2.98. The van der Waals surface area contributed by atoms with Gasteiger partial charge in [0.25, 0.3) is 0 Å². The van der Waals surface area contributed by atoms with E-state index in [1.807, 2.05) is 24.0 Å². The minimum absolute atomic E-state index is 0.507. The minimum atomic E-state index is 0.507. The molecule has 2 rings (SSSR count). The summed E-state index contributed by atoms with van der Waals surface area (Å²) in [4.78, 5) is 4.32. The molecular weight excluding hydrogens is 192 g/mol. The number of aromatic nitrogens is 1. The molecule has 0 bridgehead atoms. The fourth-order valence-corrected chi connectivity index (χ4v) is 2.14. The van der Waals surface area contributed by atoms with Crippen molar-refractivity contribution < 1.29 is 0 Å². The Hall–Kier alpha value is -0.700. The lowest BCUT2D eigenvalue weighted by atomic mass is 10.3. The first-order chi connectivity index (χ1) is 6.74. The van der Waals surface area contributed by atoms with Crippen LogP contribution in [0.15, 0.2) is 18.3 Å². The Balaban J connectivity index is 1.89. The maximum absolute atomic E-state index is 4.32. The fourth-order valence-electron chi connectivity index (χ4n) is 1.42. The summed E-state index contributed by atoms with van der Waals surface area (Å²) in [7, 11) is 0. The molecular formula is C11H16N2S. The van der Waals surface area contributed by atoms with E-state index in [2.05, 4.69) is 29.5 Å². The number of aryl methyl sites for hydroxylation is 1. The molecule has 0 aliphatic heterocycles. The number of nitrogens with one attached hydrogen (secondary N) is 1. The van der Waals surface area contributed by atoms with Gasteiger partial charge in [-0.2, -0.15) is 11.8 Å². The van der Waals surface area contributed by atoms with Crippen LogP contribution < -0.4 is 5.32 Å². The first-order valence-electron chi connectivity index (χ1n) is 4.96. The van der Waals surface area contributed by atoms with Gasteiger partial charge in [0, 0.05) is 17.5 Å². The van der Waals surface area contributed by atoms with Crippen LogP contribution in [0, 0.1) is 6.92 Å². The Morgan fingerprint density at radius 3 is 2.79 bits per heavy atom. The fraction of sp³-hybridized carbons (Fsp3) is 0.545. The predicted octanol–water partition coefficient (Wildman–Crippen LogP) is 2.70. The molecule has 76 valence electrons. The number of thioether (sulfide) groups is 1. The molecule has 1 N–H and O–H groups in total. The maximum Gasteiger partial charge on any atom is 0.125 e. The molecule has 1 saturated carbocycles. The normalized spacial score (nSPS) is 17.9. The van der Waals surface area contributed by atoms with E-state index in [1.54, 1.807) is 0 Å². The molecule has 3 heteroatoms. The van der Waals surface area contributed by atoms with Crippen LogP contribution in [0.5, 0.6) is 0 Å². The molecule has 1 aliphatic carbocycles. The number of nitrogens with zero attached hydrogens (tertiary/aromatic N) is 1. The van der Waals surface area contributed by atoms with Crippen molar-refractivity contribution in [3.8, 4) is 0 Å². The summed E-state index contributed by atoms with van der Waals surface area (Å²) < 4.78 is 0.507. The zero-order chi connectivity index (χ0) is 10.0. The van der Waals surface area contributed by atoms with Gasteiger partial charge in [0.05, 0.1) is 0 Å². The van der Waals surface area contributed by atoms with Crippen molar-refractivity contribution in [2.24, 2.45) is 0 Å². The van der Waals surface area contributed by atoms with Gasteiger partial charge >= 0.3 is 0 Å². The molecule has 0 atom stereocenters. The molecule has 0 spiro atoms. The second kappa shape index (κ2) is 3.81. The number of hydrogen-bond acceptors (Lipinski definition) is 3. The smallest absolute Gasteiger partial charge is 0.125 e. The van der Waals surface area contributed by atoms with Crippen LogP contribution in [0.1, 0.15) is 18.4 Å². The SMILES string of the molecule is CSC1(CNc2ccc(C)cn2)CC1. The molecule has 1 aliphatic rings. The van der Waals surface area contributed by atoms with Crippen molar-refractivity contribution in [1.82, 2.24) is 4.98 Å². The van der Waals surface area contributed by atoms with Crippen molar-refractivity contribution in [3.63, 3.8) is 0 Å². The first-order valence-corrected chi connectivity index (χ1v) is 6.18. The van der Waals surface area contributed by atoms with Crippen molar-refractivity contribution >= 4 is 17.6 Å². The second-order valence-corrected chi connectivity index (χ2v) is 5.24. The van der Waals surface area contributed by atoms with Crippen molar-refractivity contribution in [2.45, 2.75) is 24.5 Å². The van der Waals surface area contributed by atoms with E-state index in [0.717, 1.165) is 12.4 Å². The quantitative estimate of drug-likeness (QED) is 0.823. The number of anilines is 1. The Kier molecular flexibility index (Phi) is 2.68. The first kappa shape index (κ1) is 9.84. The highest BCUT2D eigenvalue weighted by molar-refractivity contribution is 8.00.